The van der Waals surface area contributed by atoms with Gasteiger partial charge in [0.1, 0.15) is 6.04 Å². The van der Waals surface area contributed by atoms with Crippen LogP contribution in [0.3, 0.4) is 0 Å². The molecule has 0 aromatic heterocycles. The second-order valence-electron chi connectivity index (χ2n) is 4.12. The van der Waals surface area contributed by atoms with Gasteiger partial charge in [0.15, 0.2) is 0 Å². The molecule has 2 rings (SSSR count). The van der Waals surface area contributed by atoms with Gasteiger partial charge in [0, 0.05) is 12.5 Å². The maximum Gasteiger partial charge on any atom is 0.242 e. The molecule has 4 nitrogen and oxygen atoms in total. The van der Waals surface area contributed by atoms with E-state index in [9.17, 15) is 9.59 Å². The summed E-state index contributed by atoms with van der Waals surface area (Å²) in [4.78, 5) is 22.9. The molecule has 78 valence electrons. The first kappa shape index (κ1) is 9.49. The molecule has 0 radical (unpaired) electrons. The van der Waals surface area contributed by atoms with E-state index in [-0.39, 0.29) is 23.8 Å². The lowest BCUT2D eigenvalue weighted by Crippen LogP contribution is -2.42. The first-order chi connectivity index (χ1) is 6.77. The molecule has 1 heterocycles. The molecule has 4 heteroatoms. The maximum atomic E-state index is 11.7. The Hall–Kier alpha value is -1.06. The first-order valence-corrected chi connectivity index (χ1v) is 5.35. The van der Waals surface area contributed by atoms with E-state index in [0.29, 0.717) is 6.54 Å². The number of hydrogen-bond acceptors (Lipinski definition) is 2. The zero-order valence-electron chi connectivity index (χ0n) is 8.21. The number of rotatable bonds is 2. The quantitative estimate of drug-likeness (QED) is 0.662. The van der Waals surface area contributed by atoms with Crippen LogP contribution in [0.4, 0.5) is 0 Å². The van der Waals surface area contributed by atoms with Gasteiger partial charge in [0.05, 0.1) is 0 Å². The van der Waals surface area contributed by atoms with E-state index in [4.69, 9.17) is 0 Å². The molecule has 0 aromatic rings. The molecule has 2 fully saturated rings. The molecule has 1 saturated heterocycles. The molecule has 2 aliphatic rings. The zero-order chi connectivity index (χ0) is 9.97. The predicted molar refractivity (Wildman–Crippen MR) is 51.5 cm³/mol. The minimum Gasteiger partial charge on any atom is -0.354 e. The van der Waals surface area contributed by atoms with Crippen LogP contribution in [-0.4, -0.2) is 24.4 Å². The molecular formula is C10H16N2O2. The summed E-state index contributed by atoms with van der Waals surface area (Å²) in [6.45, 7) is 0.689. The lowest BCUT2D eigenvalue weighted by atomic mass is 10.1. The summed E-state index contributed by atoms with van der Waals surface area (Å²) >= 11 is 0. The van der Waals surface area contributed by atoms with Crippen molar-refractivity contribution in [3.05, 3.63) is 0 Å². The fourth-order valence-corrected chi connectivity index (χ4v) is 2.21. The Morgan fingerprint density at radius 2 is 2.00 bits per heavy atom. The Kier molecular flexibility index (Phi) is 2.70. The Labute approximate surface area is 83.4 Å². The molecule has 2 amide bonds. The van der Waals surface area contributed by atoms with Crippen LogP contribution < -0.4 is 10.6 Å². The third-order valence-corrected chi connectivity index (χ3v) is 3.09. The number of hydrogen-bond donors (Lipinski definition) is 2. The Morgan fingerprint density at radius 3 is 2.57 bits per heavy atom. The highest BCUT2D eigenvalue weighted by Gasteiger charge is 2.29. The molecule has 1 unspecified atom stereocenters. The molecule has 1 aliphatic carbocycles. The van der Waals surface area contributed by atoms with E-state index in [2.05, 4.69) is 10.6 Å². The topological polar surface area (TPSA) is 58.2 Å². The van der Waals surface area contributed by atoms with Crippen LogP contribution in [0.5, 0.6) is 0 Å². The fraction of sp³-hybridized carbons (Fsp3) is 0.800. The van der Waals surface area contributed by atoms with Gasteiger partial charge in [0.25, 0.3) is 0 Å². The summed E-state index contributed by atoms with van der Waals surface area (Å²) < 4.78 is 0. The summed E-state index contributed by atoms with van der Waals surface area (Å²) in [5, 5.41) is 5.53. The van der Waals surface area contributed by atoms with Crippen LogP contribution in [0.25, 0.3) is 0 Å². The van der Waals surface area contributed by atoms with Crippen LogP contribution in [0.15, 0.2) is 0 Å². The number of carbonyl (C=O) groups excluding carboxylic acids is 2. The summed E-state index contributed by atoms with van der Waals surface area (Å²) in [6.07, 6.45) is 5.00. The third-order valence-electron chi connectivity index (χ3n) is 3.09. The summed E-state index contributed by atoms with van der Waals surface area (Å²) in [6, 6.07) is -0.275. The Morgan fingerprint density at radius 1 is 1.29 bits per heavy atom. The molecule has 1 atom stereocenters. The standard InChI is InChI=1S/C10H16N2O2/c13-9(7-3-1-2-4-7)12-8-5-6-11-10(8)14/h7-8H,1-6H2,(H,11,14)(H,12,13). The predicted octanol–water partition coefficient (Wildman–Crippen LogP) is 0.181. The van der Waals surface area contributed by atoms with E-state index in [1.165, 1.54) is 0 Å². The van der Waals surface area contributed by atoms with Gasteiger partial charge in [0.2, 0.25) is 11.8 Å². The lowest BCUT2D eigenvalue weighted by Gasteiger charge is -2.13. The zero-order valence-corrected chi connectivity index (χ0v) is 8.21. The molecule has 1 saturated carbocycles. The van der Waals surface area contributed by atoms with Crippen molar-refractivity contribution in [1.29, 1.82) is 0 Å². The van der Waals surface area contributed by atoms with Gasteiger partial charge in [-0.3, -0.25) is 9.59 Å². The maximum absolute atomic E-state index is 11.7. The molecular weight excluding hydrogens is 180 g/mol. The Bertz CT molecular complexity index is 247. The van der Waals surface area contributed by atoms with Gasteiger partial charge in [-0.15, -0.1) is 0 Å². The van der Waals surface area contributed by atoms with Crippen LogP contribution in [-0.2, 0) is 9.59 Å². The minimum absolute atomic E-state index is 0.0312. The Balaban J connectivity index is 1.84. The van der Waals surface area contributed by atoms with Crippen molar-refractivity contribution >= 4 is 11.8 Å². The van der Waals surface area contributed by atoms with E-state index in [1.807, 2.05) is 0 Å². The average Bonchev–Trinajstić information content (AvgIpc) is 2.77. The van der Waals surface area contributed by atoms with Gasteiger partial charge in [-0.1, -0.05) is 12.8 Å². The van der Waals surface area contributed by atoms with E-state index < -0.39 is 0 Å². The highest BCUT2D eigenvalue weighted by molar-refractivity contribution is 5.89. The highest BCUT2D eigenvalue weighted by Crippen LogP contribution is 2.24. The van der Waals surface area contributed by atoms with Crippen molar-refractivity contribution in [2.24, 2.45) is 5.92 Å². The van der Waals surface area contributed by atoms with Crippen LogP contribution >= 0.6 is 0 Å². The normalized spacial score (nSPS) is 27.7. The molecule has 2 N–H and O–H groups in total. The SMILES string of the molecule is O=C(NC1CCNC1=O)C1CCCC1. The van der Waals surface area contributed by atoms with Gasteiger partial charge in [-0.25, -0.2) is 0 Å². The average molecular weight is 196 g/mol. The van der Waals surface area contributed by atoms with Crippen molar-refractivity contribution in [2.75, 3.05) is 6.54 Å². The van der Waals surface area contributed by atoms with Gasteiger partial charge in [-0.05, 0) is 19.3 Å². The van der Waals surface area contributed by atoms with E-state index >= 15 is 0 Å². The van der Waals surface area contributed by atoms with Crippen LogP contribution in [0.1, 0.15) is 32.1 Å². The van der Waals surface area contributed by atoms with Crippen LogP contribution in [0.2, 0.25) is 0 Å². The van der Waals surface area contributed by atoms with E-state index in [1.54, 1.807) is 0 Å². The summed E-state index contributed by atoms with van der Waals surface area (Å²) in [5.74, 6) is 0.198. The van der Waals surface area contributed by atoms with Crippen molar-refractivity contribution < 1.29 is 9.59 Å². The van der Waals surface area contributed by atoms with Gasteiger partial charge in [-0.2, -0.15) is 0 Å². The first-order valence-electron chi connectivity index (χ1n) is 5.35. The van der Waals surface area contributed by atoms with Gasteiger partial charge < -0.3 is 10.6 Å². The van der Waals surface area contributed by atoms with Crippen molar-refractivity contribution in [3.8, 4) is 0 Å². The monoisotopic (exact) mass is 196 g/mol. The fourth-order valence-electron chi connectivity index (χ4n) is 2.21. The smallest absolute Gasteiger partial charge is 0.242 e. The lowest BCUT2D eigenvalue weighted by molar-refractivity contribution is -0.129. The van der Waals surface area contributed by atoms with Crippen molar-refractivity contribution in [3.63, 3.8) is 0 Å². The number of carbonyl (C=O) groups is 2. The van der Waals surface area contributed by atoms with Gasteiger partial charge >= 0.3 is 0 Å². The summed E-state index contributed by atoms with van der Waals surface area (Å²) in [7, 11) is 0. The van der Waals surface area contributed by atoms with Crippen LogP contribution in [0, 0.1) is 5.92 Å². The highest BCUT2D eigenvalue weighted by atomic mass is 16.2. The largest absolute Gasteiger partial charge is 0.354 e. The third kappa shape index (κ3) is 1.89. The molecule has 0 spiro atoms. The second-order valence-corrected chi connectivity index (χ2v) is 4.12. The second kappa shape index (κ2) is 3.98. The van der Waals surface area contributed by atoms with Crippen molar-refractivity contribution in [1.82, 2.24) is 10.6 Å². The minimum atomic E-state index is -0.275. The van der Waals surface area contributed by atoms with Crippen molar-refractivity contribution in [2.45, 2.75) is 38.1 Å². The van der Waals surface area contributed by atoms with E-state index in [0.717, 1.165) is 32.1 Å². The number of amides is 2. The molecule has 1 aliphatic heterocycles. The summed E-state index contributed by atoms with van der Waals surface area (Å²) in [5.41, 5.74) is 0. The molecule has 0 aromatic carbocycles. The molecule has 14 heavy (non-hydrogen) atoms. The number of nitrogens with one attached hydrogen (secondary N) is 2. The molecule has 0 bridgehead atoms.